The molecule has 0 amide bonds. The second kappa shape index (κ2) is 3.75. The summed E-state index contributed by atoms with van der Waals surface area (Å²) in [5.41, 5.74) is 0.493. The Morgan fingerprint density at radius 1 is 1.82 bits per heavy atom. The summed E-state index contributed by atoms with van der Waals surface area (Å²) in [6, 6.07) is 1.60. The summed E-state index contributed by atoms with van der Waals surface area (Å²) in [6.45, 7) is 2.16. The molecule has 0 aromatic carbocycles. The molecule has 0 aliphatic carbocycles. The number of furan rings is 1. The molecule has 0 aliphatic heterocycles. The molecule has 0 radical (unpaired) electrons. The van der Waals surface area contributed by atoms with Gasteiger partial charge in [-0.2, -0.15) is 0 Å². The SMILES string of the molecule is CCOC(=O)c1ccoc1I. The standard InChI is InChI=1S/C7H7IO3/c1-2-10-7(9)5-3-4-11-6(5)8/h3-4H,2H2,1H3. The molecule has 1 heterocycles. The Kier molecular flexibility index (Phi) is 2.92. The first-order valence-corrected chi connectivity index (χ1v) is 4.23. The molecular weight excluding hydrogens is 259 g/mol. The maximum Gasteiger partial charge on any atom is 0.342 e. The third kappa shape index (κ3) is 1.95. The lowest BCUT2D eigenvalue weighted by atomic mass is 10.3. The average molecular weight is 266 g/mol. The zero-order valence-electron chi connectivity index (χ0n) is 5.96. The third-order valence-electron chi connectivity index (χ3n) is 1.11. The molecule has 0 aliphatic rings. The van der Waals surface area contributed by atoms with Crippen molar-refractivity contribution < 1.29 is 13.9 Å². The first-order chi connectivity index (χ1) is 5.25. The van der Waals surface area contributed by atoms with Gasteiger partial charge in [0.15, 0.2) is 3.77 Å². The van der Waals surface area contributed by atoms with Crippen LogP contribution < -0.4 is 0 Å². The Balaban J connectivity index is 2.76. The van der Waals surface area contributed by atoms with Gasteiger partial charge in [0.05, 0.1) is 12.9 Å². The average Bonchev–Trinajstić information content (AvgIpc) is 2.36. The molecule has 0 bridgehead atoms. The maximum absolute atomic E-state index is 11.0. The van der Waals surface area contributed by atoms with Gasteiger partial charge in [0, 0.05) is 22.6 Å². The molecule has 0 saturated carbocycles. The van der Waals surface area contributed by atoms with Crippen LogP contribution in [0, 0.1) is 3.77 Å². The van der Waals surface area contributed by atoms with E-state index in [-0.39, 0.29) is 5.97 Å². The van der Waals surface area contributed by atoms with Crippen LogP contribution >= 0.6 is 22.6 Å². The van der Waals surface area contributed by atoms with E-state index in [4.69, 9.17) is 9.15 Å². The number of hydrogen-bond donors (Lipinski definition) is 0. The van der Waals surface area contributed by atoms with Crippen LogP contribution in [0.15, 0.2) is 16.7 Å². The Hall–Kier alpha value is -0.520. The largest absolute Gasteiger partial charge is 0.462 e. The van der Waals surface area contributed by atoms with Crippen LogP contribution in [0.25, 0.3) is 0 Å². The van der Waals surface area contributed by atoms with Crippen LogP contribution in [0.5, 0.6) is 0 Å². The minimum Gasteiger partial charge on any atom is -0.462 e. The van der Waals surface area contributed by atoms with Gasteiger partial charge in [0.1, 0.15) is 5.56 Å². The van der Waals surface area contributed by atoms with E-state index in [2.05, 4.69) is 0 Å². The molecule has 0 unspecified atom stereocenters. The molecule has 0 fully saturated rings. The molecule has 1 aromatic heterocycles. The topological polar surface area (TPSA) is 39.4 Å². The summed E-state index contributed by atoms with van der Waals surface area (Å²) in [7, 11) is 0. The van der Waals surface area contributed by atoms with Crippen molar-refractivity contribution in [3.8, 4) is 0 Å². The fourth-order valence-corrected chi connectivity index (χ4v) is 1.19. The molecule has 3 nitrogen and oxygen atoms in total. The highest BCUT2D eigenvalue weighted by Gasteiger charge is 2.12. The lowest BCUT2D eigenvalue weighted by Gasteiger charge is -1.97. The Bertz CT molecular complexity index is 254. The number of carbonyl (C=O) groups excluding carboxylic acids is 1. The summed E-state index contributed by atoms with van der Waals surface area (Å²) in [6.07, 6.45) is 1.47. The highest BCUT2D eigenvalue weighted by molar-refractivity contribution is 14.1. The van der Waals surface area contributed by atoms with Gasteiger partial charge in [-0.25, -0.2) is 4.79 Å². The molecule has 60 valence electrons. The van der Waals surface area contributed by atoms with E-state index in [0.29, 0.717) is 15.9 Å². The van der Waals surface area contributed by atoms with Crippen LogP contribution in [0.4, 0.5) is 0 Å². The molecule has 11 heavy (non-hydrogen) atoms. The van der Waals surface area contributed by atoms with Crippen LogP contribution in [0.3, 0.4) is 0 Å². The van der Waals surface area contributed by atoms with Gasteiger partial charge < -0.3 is 9.15 Å². The number of rotatable bonds is 2. The van der Waals surface area contributed by atoms with Gasteiger partial charge in [0.2, 0.25) is 0 Å². The quantitative estimate of drug-likeness (QED) is 0.607. The van der Waals surface area contributed by atoms with Crippen molar-refractivity contribution in [3.63, 3.8) is 0 Å². The number of halogens is 1. The van der Waals surface area contributed by atoms with Crippen molar-refractivity contribution in [2.24, 2.45) is 0 Å². The van der Waals surface area contributed by atoms with Gasteiger partial charge in [0.25, 0.3) is 0 Å². The lowest BCUT2D eigenvalue weighted by Crippen LogP contribution is -2.04. The van der Waals surface area contributed by atoms with Gasteiger partial charge in [-0.05, 0) is 13.0 Å². The molecular formula is C7H7IO3. The van der Waals surface area contributed by atoms with E-state index >= 15 is 0 Å². The molecule has 0 atom stereocenters. The van der Waals surface area contributed by atoms with Gasteiger partial charge in [-0.3, -0.25) is 0 Å². The molecule has 0 saturated heterocycles. The third-order valence-corrected chi connectivity index (χ3v) is 1.95. The number of ether oxygens (including phenoxy) is 1. The second-order valence-electron chi connectivity index (χ2n) is 1.83. The van der Waals surface area contributed by atoms with Crippen molar-refractivity contribution >= 4 is 28.6 Å². The predicted octanol–water partition coefficient (Wildman–Crippen LogP) is 2.06. The normalized spacial score (nSPS) is 9.64. The predicted molar refractivity (Wildman–Crippen MR) is 47.4 cm³/mol. The van der Waals surface area contributed by atoms with Gasteiger partial charge in [-0.1, -0.05) is 0 Å². The van der Waals surface area contributed by atoms with Gasteiger partial charge in [-0.15, -0.1) is 0 Å². The summed E-state index contributed by atoms with van der Waals surface area (Å²) in [4.78, 5) is 11.0. The molecule has 1 rings (SSSR count). The van der Waals surface area contributed by atoms with E-state index in [0.717, 1.165) is 0 Å². The minimum absolute atomic E-state index is 0.328. The monoisotopic (exact) mass is 266 g/mol. The lowest BCUT2D eigenvalue weighted by molar-refractivity contribution is 0.0524. The summed E-state index contributed by atoms with van der Waals surface area (Å²) in [5.74, 6) is -0.328. The zero-order chi connectivity index (χ0) is 8.27. The Morgan fingerprint density at radius 3 is 3.00 bits per heavy atom. The molecule has 1 aromatic rings. The summed E-state index contributed by atoms with van der Waals surface area (Å²) < 4.78 is 10.3. The van der Waals surface area contributed by atoms with Crippen molar-refractivity contribution in [1.29, 1.82) is 0 Å². The van der Waals surface area contributed by atoms with Crippen LogP contribution in [-0.2, 0) is 4.74 Å². The second-order valence-corrected chi connectivity index (χ2v) is 2.81. The van der Waals surface area contributed by atoms with E-state index in [1.807, 2.05) is 22.6 Å². The Morgan fingerprint density at radius 2 is 2.55 bits per heavy atom. The van der Waals surface area contributed by atoms with Crippen molar-refractivity contribution in [2.75, 3.05) is 6.61 Å². The van der Waals surface area contributed by atoms with Crippen LogP contribution in [0.2, 0.25) is 0 Å². The molecule has 0 spiro atoms. The smallest absolute Gasteiger partial charge is 0.342 e. The van der Waals surface area contributed by atoms with E-state index in [1.165, 1.54) is 6.26 Å². The Labute approximate surface area is 77.9 Å². The van der Waals surface area contributed by atoms with Crippen molar-refractivity contribution in [1.82, 2.24) is 0 Å². The highest BCUT2D eigenvalue weighted by Crippen LogP contribution is 2.13. The molecule has 0 N–H and O–H groups in total. The van der Waals surface area contributed by atoms with Crippen molar-refractivity contribution in [2.45, 2.75) is 6.92 Å². The number of esters is 1. The first-order valence-electron chi connectivity index (χ1n) is 3.15. The fourth-order valence-electron chi connectivity index (χ4n) is 0.648. The van der Waals surface area contributed by atoms with E-state index in [1.54, 1.807) is 13.0 Å². The van der Waals surface area contributed by atoms with Crippen molar-refractivity contribution in [3.05, 3.63) is 21.7 Å². The minimum atomic E-state index is -0.328. The van der Waals surface area contributed by atoms with Crippen LogP contribution in [0.1, 0.15) is 17.3 Å². The fraction of sp³-hybridized carbons (Fsp3) is 0.286. The summed E-state index contributed by atoms with van der Waals surface area (Å²) >= 11 is 1.94. The van der Waals surface area contributed by atoms with E-state index < -0.39 is 0 Å². The molecule has 4 heteroatoms. The zero-order valence-corrected chi connectivity index (χ0v) is 8.12. The summed E-state index contributed by atoms with van der Waals surface area (Å²) in [5, 5.41) is 0. The first kappa shape index (κ1) is 8.58. The van der Waals surface area contributed by atoms with E-state index in [9.17, 15) is 4.79 Å². The number of carbonyl (C=O) groups is 1. The maximum atomic E-state index is 11.0. The number of hydrogen-bond acceptors (Lipinski definition) is 3. The van der Waals surface area contributed by atoms with Gasteiger partial charge >= 0.3 is 5.97 Å². The highest BCUT2D eigenvalue weighted by atomic mass is 127. The van der Waals surface area contributed by atoms with Crippen LogP contribution in [-0.4, -0.2) is 12.6 Å².